The van der Waals surface area contributed by atoms with Crippen LogP contribution in [0.3, 0.4) is 0 Å². The van der Waals surface area contributed by atoms with Gasteiger partial charge in [0, 0.05) is 16.5 Å². The average molecular weight is 360 g/mol. The zero-order chi connectivity index (χ0) is 18.7. The highest BCUT2D eigenvalue weighted by Gasteiger charge is 2.18. The van der Waals surface area contributed by atoms with Crippen LogP contribution in [-0.4, -0.2) is 0 Å². The van der Waals surface area contributed by atoms with E-state index in [1.165, 1.54) is 18.9 Å². The van der Waals surface area contributed by atoms with E-state index in [4.69, 9.17) is 0 Å². The van der Waals surface area contributed by atoms with E-state index in [1.54, 1.807) is 12.1 Å². The van der Waals surface area contributed by atoms with Gasteiger partial charge in [0.2, 0.25) is 0 Å². The Morgan fingerprint density at radius 2 is 1.42 bits per heavy atom. The minimum absolute atomic E-state index is 0.0791. The summed E-state index contributed by atoms with van der Waals surface area (Å²) in [5.74, 6) is -4.90. The van der Waals surface area contributed by atoms with Crippen LogP contribution in [0.25, 0.3) is 21.9 Å². The SMILES string of the molecule is CCCCCCc1ccc2c(F)c(-c3ccc(F)c(F)c3F)ccc2c1. The molecule has 0 saturated carbocycles. The first-order chi connectivity index (χ1) is 12.5. The summed E-state index contributed by atoms with van der Waals surface area (Å²) in [4.78, 5) is 0. The van der Waals surface area contributed by atoms with Crippen molar-refractivity contribution in [2.75, 3.05) is 0 Å². The summed E-state index contributed by atoms with van der Waals surface area (Å²) in [5, 5.41) is 1.05. The molecule has 0 bridgehead atoms. The standard InChI is InChI=1S/C22H20F4/c1-2-3-4-5-6-14-7-9-16-15(13-14)8-10-17(20(16)24)18-11-12-19(23)22(26)21(18)25/h7-13H,2-6H2,1H3. The molecule has 26 heavy (non-hydrogen) atoms. The molecule has 3 aromatic rings. The second kappa shape index (κ2) is 7.90. The van der Waals surface area contributed by atoms with E-state index in [0.29, 0.717) is 10.8 Å². The van der Waals surface area contributed by atoms with Crippen LogP contribution in [0, 0.1) is 23.3 Å². The minimum Gasteiger partial charge on any atom is -0.206 e. The largest absolute Gasteiger partial charge is 0.206 e. The Kier molecular flexibility index (Phi) is 5.60. The predicted molar refractivity (Wildman–Crippen MR) is 97.1 cm³/mol. The molecular weight excluding hydrogens is 340 g/mol. The summed E-state index contributed by atoms with van der Waals surface area (Å²) >= 11 is 0. The Hall–Kier alpha value is -2.36. The second-order valence-electron chi connectivity index (χ2n) is 6.52. The van der Waals surface area contributed by atoms with Crippen molar-refractivity contribution in [3.8, 4) is 11.1 Å². The molecule has 0 unspecified atom stereocenters. The molecule has 0 atom stereocenters. The number of benzene rings is 3. The zero-order valence-electron chi connectivity index (χ0n) is 14.6. The van der Waals surface area contributed by atoms with Gasteiger partial charge in [-0.3, -0.25) is 0 Å². The van der Waals surface area contributed by atoms with Gasteiger partial charge in [0.1, 0.15) is 5.82 Å². The van der Waals surface area contributed by atoms with Crippen molar-refractivity contribution >= 4 is 10.8 Å². The van der Waals surface area contributed by atoms with Gasteiger partial charge in [0.25, 0.3) is 0 Å². The van der Waals surface area contributed by atoms with Gasteiger partial charge in [0.05, 0.1) is 0 Å². The third-order valence-electron chi connectivity index (χ3n) is 4.66. The molecule has 0 N–H and O–H groups in total. The van der Waals surface area contributed by atoms with E-state index in [2.05, 4.69) is 6.92 Å². The van der Waals surface area contributed by atoms with E-state index in [9.17, 15) is 17.6 Å². The van der Waals surface area contributed by atoms with Gasteiger partial charge in [-0.25, -0.2) is 17.6 Å². The first kappa shape index (κ1) is 18.4. The van der Waals surface area contributed by atoms with Crippen LogP contribution in [0.5, 0.6) is 0 Å². The predicted octanol–water partition coefficient (Wildman–Crippen LogP) is 7.19. The Labute approximate surface area is 150 Å². The third kappa shape index (κ3) is 3.59. The number of unbranched alkanes of at least 4 members (excludes halogenated alkanes) is 3. The highest BCUT2D eigenvalue weighted by Crippen LogP contribution is 2.32. The number of rotatable bonds is 6. The summed E-state index contributed by atoms with van der Waals surface area (Å²) in [7, 11) is 0. The van der Waals surface area contributed by atoms with Crippen LogP contribution in [0.15, 0.2) is 42.5 Å². The average Bonchev–Trinajstić information content (AvgIpc) is 2.64. The lowest BCUT2D eigenvalue weighted by Gasteiger charge is -2.10. The maximum atomic E-state index is 14.9. The number of hydrogen-bond acceptors (Lipinski definition) is 0. The van der Waals surface area contributed by atoms with Crippen LogP contribution in [0.4, 0.5) is 17.6 Å². The highest BCUT2D eigenvalue weighted by atomic mass is 19.2. The van der Waals surface area contributed by atoms with Crippen LogP contribution in [-0.2, 0) is 6.42 Å². The van der Waals surface area contributed by atoms with Crippen molar-refractivity contribution in [2.24, 2.45) is 0 Å². The maximum absolute atomic E-state index is 14.9. The summed E-state index contributed by atoms with van der Waals surface area (Å²) < 4.78 is 55.5. The normalized spacial score (nSPS) is 11.3. The number of aryl methyl sites for hydroxylation is 1. The molecule has 0 fully saturated rings. The molecule has 0 aliphatic heterocycles. The van der Waals surface area contributed by atoms with E-state index in [0.717, 1.165) is 37.0 Å². The lowest BCUT2D eigenvalue weighted by atomic mass is 9.97. The van der Waals surface area contributed by atoms with Crippen molar-refractivity contribution < 1.29 is 17.6 Å². The Balaban J connectivity index is 1.95. The van der Waals surface area contributed by atoms with Crippen LogP contribution in [0.1, 0.15) is 38.2 Å². The molecule has 0 aliphatic carbocycles. The molecule has 0 spiro atoms. The van der Waals surface area contributed by atoms with Gasteiger partial charge >= 0.3 is 0 Å². The summed E-state index contributed by atoms with van der Waals surface area (Å²) in [6, 6.07) is 10.4. The molecular formula is C22H20F4. The smallest absolute Gasteiger partial charge is 0.195 e. The lowest BCUT2D eigenvalue weighted by Crippen LogP contribution is -1.96. The molecule has 136 valence electrons. The van der Waals surface area contributed by atoms with Crippen molar-refractivity contribution in [3.63, 3.8) is 0 Å². The summed E-state index contributed by atoms with van der Waals surface area (Å²) in [5.41, 5.74) is 0.760. The maximum Gasteiger partial charge on any atom is 0.195 e. The molecule has 0 aliphatic rings. The van der Waals surface area contributed by atoms with Gasteiger partial charge in [-0.15, -0.1) is 0 Å². The molecule has 0 nitrogen and oxygen atoms in total. The zero-order valence-corrected chi connectivity index (χ0v) is 14.6. The second-order valence-corrected chi connectivity index (χ2v) is 6.52. The molecule has 0 heterocycles. The molecule has 4 heteroatoms. The lowest BCUT2D eigenvalue weighted by molar-refractivity contribution is 0.448. The highest BCUT2D eigenvalue weighted by molar-refractivity contribution is 5.88. The van der Waals surface area contributed by atoms with Gasteiger partial charge < -0.3 is 0 Å². The van der Waals surface area contributed by atoms with Gasteiger partial charge in [-0.1, -0.05) is 56.5 Å². The van der Waals surface area contributed by atoms with Gasteiger partial charge in [-0.05, 0) is 35.9 Å². The van der Waals surface area contributed by atoms with Crippen LogP contribution in [0.2, 0.25) is 0 Å². The van der Waals surface area contributed by atoms with Crippen molar-refractivity contribution in [3.05, 3.63) is 71.3 Å². The van der Waals surface area contributed by atoms with Crippen LogP contribution >= 0.6 is 0 Å². The van der Waals surface area contributed by atoms with Gasteiger partial charge in [-0.2, -0.15) is 0 Å². The Morgan fingerprint density at radius 1 is 0.692 bits per heavy atom. The third-order valence-corrected chi connectivity index (χ3v) is 4.66. The Morgan fingerprint density at radius 3 is 2.19 bits per heavy atom. The Bertz CT molecular complexity index is 931. The molecule has 0 aromatic heterocycles. The molecule has 3 aromatic carbocycles. The van der Waals surface area contributed by atoms with E-state index < -0.39 is 23.3 Å². The summed E-state index contributed by atoms with van der Waals surface area (Å²) in [6.45, 7) is 2.16. The fraction of sp³-hybridized carbons (Fsp3) is 0.273. The molecule has 3 rings (SSSR count). The van der Waals surface area contributed by atoms with E-state index in [1.807, 2.05) is 12.1 Å². The fourth-order valence-electron chi connectivity index (χ4n) is 3.19. The minimum atomic E-state index is -1.59. The number of halogens is 4. The number of hydrogen-bond donors (Lipinski definition) is 0. The fourth-order valence-corrected chi connectivity index (χ4v) is 3.19. The van der Waals surface area contributed by atoms with E-state index >= 15 is 0 Å². The summed E-state index contributed by atoms with van der Waals surface area (Å²) in [6.07, 6.45) is 5.55. The van der Waals surface area contributed by atoms with Gasteiger partial charge in [0.15, 0.2) is 17.5 Å². The first-order valence-corrected chi connectivity index (χ1v) is 8.88. The monoisotopic (exact) mass is 360 g/mol. The van der Waals surface area contributed by atoms with Crippen molar-refractivity contribution in [2.45, 2.75) is 39.0 Å². The molecule has 0 saturated heterocycles. The van der Waals surface area contributed by atoms with Crippen molar-refractivity contribution in [1.29, 1.82) is 0 Å². The van der Waals surface area contributed by atoms with E-state index in [-0.39, 0.29) is 11.1 Å². The van der Waals surface area contributed by atoms with Crippen molar-refractivity contribution in [1.82, 2.24) is 0 Å². The number of fused-ring (bicyclic) bond motifs is 1. The quantitative estimate of drug-likeness (QED) is 0.248. The molecule has 0 amide bonds. The topological polar surface area (TPSA) is 0 Å². The molecule has 0 radical (unpaired) electrons. The first-order valence-electron chi connectivity index (χ1n) is 8.88. The van der Waals surface area contributed by atoms with Crippen LogP contribution < -0.4 is 0 Å².